The fourth-order valence-corrected chi connectivity index (χ4v) is 7.17. The Morgan fingerprint density at radius 3 is 0.400 bits per heavy atom. The molecule has 0 atom stereocenters. The molecule has 0 saturated carbocycles. The number of hydrogen-bond acceptors (Lipinski definition) is 0. The molecule has 7 rings (SSSR count). The van der Waals surface area contributed by atoms with Crippen molar-refractivity contribution < 1.29 is 0 Å². The SMILES string of the molecule is c1ccc(Pc2ccccc2)cc1.c1ccc(Pc2ccccc2)cc1.c1ccc(Pc2ccccc2)cc1.c1ccccc1. The average molecular weight is 637 g/mol. The quantitative estimate of drug-likeness (QED) is 0.160. The van der Waals surface area contributed by atoms with Gasteiger partial charge in [-0.05, 0) is 31.8 Å². The zero-order valence-corrected chi connectivity index (χ0v) is 28.3. The minimum absolute atomic E-state index is 0.777. The van der Waals surface area contributed by atoms with Gasteiger partial charge in [-0.2, -0.15) is 0 Å². The standard InChI is InChI=1S/3C12H11P.C6H6/c3*1-3-7-11(8-4-1)13-12-9-5-2-6-10-12;1-2-4-6-5-3-1/h3*1-10,13H;1-6H. The van der Waals surface area contributed by atoms with Crippen LogP contribution in [0.3, 0.4) is 0 Å². The van der Waals surface area contributed by atoms with Gasteiger partial charge in [0.1, 0.15) is 0 Å². The Balaban J connectivity index is 0.000000141. The summed E-state index contributed by atoms with van der Waals surface area (Å²) in [6, 6.07) is 75.5. The van der Waals surface area contributed by atoms with E-state index in [-0.39, 0.29) is 0 Å². The summed E-state index contributed by atoms with van der Waals surface area (Å²) >= 11 is 0. The van der Waals surface area contributed by atoms with Gasteiger partial charge in [-0.15, -0.1) is 0 Å². The first-order valence-corrected chi connectivity index (χ1v) is 18.0. The Kier molecular flexibility index (Phi) is 16.1. The van der Waals surface area contributed by atoms with Crippen LogP contribution < -0.4 is 31.8 Å². The molecule has 0 bridgehead atoms. The fourth-order valence-electron chi connectivity index (χ4n) is 4.01. The molecule has 0 saturated heterocycles. The molecule has 0 aliphatic rings. The van der Waals surface area contributed by atoms with Crippen LogP contribution in [-0.2, 0) is 0 Å². The van der Waals surface area contributed by atoms with Gasteiger partial charge in [0.05, 0.1) is 0 Å². The van der Waals surface area contributed by atoms with Gasteiger partial charge in [-0.3, -0.25) is 0 Å². The van der Waals surface area contributed by atoms with Crippen molar-refractivity contribution in [1.29, 1.82) is 0 Å². The van der Waals surface area contributed by atoms with Gasteiger partial charge in [0.25, 0.3) is 0 Å². The molecule has 0 unspecified atom stereocenters. The van der Waals surface area contributed by atoms with Crippen molar-refractivity contribution in [3.8, 4) is 0 Å². The second-order valence-electron chi connectivity index (χ2n) is 9.73. The Labute approximate surface area is 275 Å². The molecule has 0 spiro atoms. The highest BCUT2D eigenvalue weighted by Crippen LogP contribution is 2.10. The van der Waals surface area contributed by atoms with Crippen LogP contribution in [0.5, 0.6) is 0 Å². The zero-order valence-electron chi connectivity index (χ0n) is 25.3. The molecular weight excluding hydrogens is 597 g/mol. The third kappa shape index (κ3) is 14.9. The van der Waals surface area contributed by atoms with E-state index in [4.69, 9.17) is 0 Å². The Bertz CT molecular complexity index is 1340. The smallest absolute Gasteiger partial charge is 0.0226 e. The molecule has 0 fully saturated rings. The van der Waals surface area contributed by atoms with Gasteiger partial charge in [0, 0.05) is 0 Å². The van der Waals surface area contributed by atoms with Crippen LogP contribution in [0.1, 0.15) is 0 Å². The van der Waals surface area contributed by atoms with Crippen molar-refractivity contribution in [2.24, 2.45) is 0 Å². The molecule has 7 aromatic carbocycles. The van der Waals surface area contributed by atoms with E-state index in [1.165, 1.54) is 31.8 Å². The second-order valence-corrected chi connectivity index (χ2v) is 13.9. The summed E-state index contributed by atoms with van der Waals surface area (Å²) in [5.74, 6) is 0. The van der Waals surface area contributed by atoms with E-state index in [1.807, 2.05) is 36.4 Å². The number of rotatable bonds is 6. The third-order valence-electron chi connectivity index (χ3n) is 6.18. The summed E-state index contributed by atoms with van der Waals surface area (Å²) in [6.45, 7) is 0. The Morgan fingerprint density at radius 2 is 0.267 bits per heavy atom. The van der Waals surface area contributed by atoms with Crippen LogP contribution in [0, 0.1) is 0 Å². The van der Waals surface area contributed by atoms with Crippen molar-refractivity contribution in [1.82, 2.24) is 0 Å². The minimum Gasteiger partial charge on any atom is -0.0623 e. The normalized spacial score (nSPS) is 9.60. The molecule has 0 heterocycles. The lowest BCUT2D eigenvalue weighted by molar-refractivity contribution is 1.72. The third-order valence-corrected chi connectivity index (χ3v) is 9.91. The molecule has 222 valence electrons. The van der Waals surface area contributed by atoms with Crippen LogP contribution in [0.15, 0.2) is 218 Å². The highest BCUT2D eigenvalue weighted by atomic mass is 31.1. The molecule has 3 heteroatoms. The van der Waals surface area contributed by atoms with E-state index in [0.717, 1.165) is 25.7 Å². The summed E-state index contributed by atoms with van der Waals surface area (Å²) in [4.78, 5) is 0. The summed E-state index contributed by atoms with van der Waals surface area (Å²) in [5.41, 5.74) is 0. The lowest BCUT2D eigenvalue weighted by Crippen LogP contribution is -2.01. The van der Waals surface area contributed by atoms with Crippen LogP contribution in [0.4, 0.5) is 0 Å². The molecule has 0 aromatic heterocycles. The average Bonchev–Trinajstić information content (AvgIpc) is 3.13. The van der Waals surface area contributed by atoms with Crippen molar-refractivity contribution in [3.05, 3.63) is 218 Å². The van der Waals surface area contributed by atoms with E-state index in [9.17, 15) is 0 Å². The highest BCUT2D eigenvalue weighted by molar-refractivity contribution is 7.56. The summed E-state index contributed by atoms with van der Waals surface area (Å²) in [5, 5.41) is 8.38. The van der Waals surface area contributed by atoms with E-state index in [0.29, 0.717) is 0 Å². The van der Waals surface area contributed by atoms with Gasteiger partial charge in [0.2, 0.25) is 0 Å². The van der Waals surface area contributed by atoms with Crippen LogP contribution in [-0.4, -0.2) is 0 Å². The highest BCUT2D eigenvalue weighted by Gasteiger charge is 1.94. The van der Waals surface area contributed by atoms with Crippen molar-refractivity contribution in [3.63, 3.8) is 0 Å². The molecular formula is C42H39P3. The van der Waals surface area contributed by atoms with Crippen LogP contribution in [0.25, 0.3) is 0 Å². The molecule has 45 heavy (non-hydrogen) atoms. The van der Waals surface area contributed by atoms with Crippen LogP contribution in [0.2, 0.25) is 0 Å². The molecule has 0 radical (unpaired) electrons. The lowest BCUT2D eigenvalue weighted by atomic mass is 10.4. The topological polar surface area (TPSA) is 0 Å². The van der Waals surface area contributed by atoms with Gasteiger partial charge >= 0.3 is 0 Å². The van der Waals surface area contributed by atoms with E-state index < -0.39 is 0 Å². The molecule has 7 aromatic rings. The van der Waals surface area contributed by atoms with E-state index in [1.54, 1.807) is 0 Å². The van der Waals surface area contributed by atoms with E-state index >= 15 is 0 Å². The monoisotopic (exact) mass is 636 g/mol. The predicted molar refractivity (Wildman–Crippen MR) is 208 cm³/mol. The van der Waals surface area contributed by atoms with Gasteiger partial charge in [-0.1, -0.05) is 244 Å². The number of benzene rings is 7. The summed E-state index contributed by atoms with van der Waals surface area (Å²) in [7, 11) is 2.33. The second kappa shape index (κ2) is 21.5. The Hall–Kier alpha value is -4.17. The maximum absolute atomic E-state index is 2.17. The molecule has 0 aliphatic heterocycles. The van der Waals surface area contributed by atoms with Crippen molar-refractivity contribution in [2.45, 2.75) is 0 Å². The van der Waals surface area contributed by atoms with Crippen molar-refractivity contribution in [2.75, 3.05) is 0 Å². The first-order chi connectivity index (χ1) is 22.3. The molecule has 0 N–H and O–H groups in total. The summed E-state index contributed by atoms with van der Waals surface area (Å²) < 4.78 is 0. The lowest BCUT2D eigenvalue weighted by Gasteiger charge is -2.00. The molecule has 0 nitrogen and oxygen atoms in total. The largest absolute Gasteiger partial charge is 0.0623 e. The summed E-state index contributed by atoms with van der Waals surface area (Å²) in [6.07, 6.45) is 0. The predicted octanol–water partition coefficient (Wildman–Crippen LogP) is 8.63. The maximum atomic E-state index is 2.17. The fraction of sp³-hybridized carbons (Fsp3) is 0. The maximum Gasteiger partial charge on any atom is -0.0226 e. The van der Waals surface area contributed by atoms with Gasteiger partial charge in [-0.25, -0.2) is 0 Å². The molecule has 0 amide bonds. The zero-order chi connectivity index (χ0) is 31.0. The first-order valence-electron chi connectivity index (χ1n) is 15.0. The van der Waals surface area contributed by atoms with Crippen LogP contribution >= 0.6 is 25.7 Å². The van der Waals surface area contributed by atoms with Gasteiger partial charge in [0.15, 0.2) is 0 Å². The minimum atomic E-state index is 0.777. The Morgan fingerprint density at radius 1 is 0.156 bits per heavy atom. The van der Waals surface area contributed by atoms with E-state index in [2.05, 4.69) is 182 Å². The first kappa shape index (κ1) is 33.7. The number of hydrogen-bond donors (Lipinski definition) is 0. The molecule has 0 aliphatic carbocycles. The van der Waals surface area contributed by atoms with Crippen molar-refractivity contribution >= 4 is 57.6 Å². The van der Waals surface area contributed by atoms with Gasteiger partial charge < -0.3 is 0 Å².